The standard InChI is InChI=1S/C22H25FN4O2.C2HF3O2/c23-19-9-5-4-8-18(19)20(28)24-12-15-26-13-10-22(11-14-26)21(29)25-16-27(22)17-6-2-1-3-7-17;3-2(4,5)1(6)7/h1-9H,10-16H2,(H,24,28)(H,25,29);(H,6,7). The van der Waals surface area contributed by atoms with E-state index in [-0.39, 0.29) is 11.5 Å². The number of carbonyl (C=O) groups excluding carboxylic acids is 2. The highest BCUT2D eigenvalue weighted by Crippen LogP contribution is 2.36. The normalized spacial score (nSPS) is 17.2. The van der Waals surface area contributed by atoms with Gasteiger partial charge in [-0.25, -0.2) is 9.18 Å². The molecule has 2 aliphatic heterocycles. The number of piperidine rings is 1. The minimum atomic E-state index is -5.08. The first-order valence-corrected chi connectivity index (χ1v) is 11.2. The molecule has 3 N–H and O–H groups in total. The van der Waals surface area contributed by atoms with Gasteiger partial charge in [0.25, 0.3) is 5.91 Å². The maximum Gasteiger partial charge on any atom is 0.490 e. The van der Waals surface area contributed by atoms with E-state index in [9.17, 15) is 27.2 Å². The lowest BCUT2D eigenvalue weighted by Gasteiger charge is -2.43. The molecule has 2 aromatic rings. The molecular weight excluding hydrogens is 484 g/mol. The van der Waals surface area contributed by atoms with Crippen molar-refractivity contribution in [1.82, 2.24) is 15.5 Å². The van der Waals surface area contributed by atoms with E-state index in [0.717, 1.165) is 31.6 Å². The highest BCUT2D eigenvalue weighted by atomic mass is 19.4. The predicted molar refractivity (Wildman–Crippen MR) is 123 cm³/mol. The van der Waals surface area contributed by atoms with Crippen LogP contribution >= 0.6 is 0 Å². The zero-order chi connectivity index (χ0) is 26.3. The fourth-order valence-electron chi connectivity index (χ4n) is 4.25. The molecule has 2 saturated heterocycles. The van der Waals surface area contributed by atoms with Gasteiger partial charge in [0, 0.05) is 31.9 Å². The maximum absolute atomic E-state index is 13.7. The summed E-state index contributed by atoms with van der Waals surface area (Å²) in [5.74, 6) is -3.58. The summed E-state index contributed by atoms with van der Waals surface area (Å²) >= 11 is 0. The molecule has 0 aromatic heterocycles. The van der Waals surface area contributed by atoms with Crippen LogP contribution < -0.4 is 15.5 Å². The lowest BCUT2D eigenvalue weighted by atomic mass is 9.85. The average Bonchev–Trinajstić information content (AvgIpc) is 3.16. The van der Waals surface area contributed by atoms with E-state index in [4.69, 9.17) is 9.90 Å². The van der Waals surface area contributed by atoms with E-state index in [2.05, 4.69) is 20.4 Å². The highest BCUT2D eigenvalue weighted by Gasteiger charge is 2.50. The van der Waals surface area contributed by atoms with Crippen molar-refractivity contribution in [2.45, 2.75) is 24.6 Å². The number of benzene rings is 2. The van der Waals surface area contributed by atoms with Crippen molar-refractivity contribution >= 4 is 23.5 Å². The number of carboxylic acid groups (broad SMARTS) is 1. The number of carboxylic acids is 1. The lowest BCUT2D eigenvalue weighted by Crippen LogP contribution is -2.57. The molecule has 194 valence electrons. The molecular formula is C24H26F4N4O4. The Bertz CT molecular complexity index is 1070. The summed E-state index contributed by atoms with van der Waals surface area (Å²) in [6.07, 6.45) is -3.62. The van der Waals surface area contributed by atoms with Gasteiger partial charge in [0.2, 0.25) is 5.91 Å². The number of likely N-dealkylation sites (tertiary alicyclic amines) is 1. The van der Waals surface area contributed by atoms with Crippen LogP contribution in [0, 0.1) is 5.82 Å². The number of nitrogens with one attached hydrogen (secondary N) is 2. The molecule has 2 heterocycles. The van der Waals surface area contributed by atoms with Crippen molar-refractivity contribution in [2.24, 2.45) is 0 Å². The molecule has 0 bridgehead atoms. The van der Waals surface area contributed by atoms with Crippen LogP contribution in [0.15, 0.2) is 54.6 Å². The zero-order valence-corrected chi connectivity index (χ0v) is 19.2. The molecule has 2 aromatic carbocycles. The summed E-state index contributed by atoms with van der Waals surface area (Å²) in [5.41, 5.74) is 0.608. The molecule has 8 nitrogen and oxygen atoms in total. The number of anilines is 1. The molecule has 0 radical (unpaired) electrons. The van der Waals surface area contributed by atoms with Crippen LogP contribution in [0.4, 0.5) is 23.2 Å². The first kappa shape index (κ1) is 26.9. The third kappa shape index (κ3) is 6.30. The summed E-state index contributed by atoms with van der Waals surface area (Å²) < 4.78 is 45.4. The van der Waals surface area contributed by atoms with Gasteiger partial charge in [-0.15, -0.1) is 0 Å². The number of alkyl halides is 3. The van der Waals surface area contributed by atoms with Gasteiger partial charge in [-0.05, 0) is 37.1 Å². The van der Waals surface area contributed by atoms with Crippen LogP contribution in [0.25, 0.3) is 0 Å². The maximum atomic E-state index is 13.7. The Hall–Kier alpha value is -3.67. The van der Waals surface area contributed by atoms with E-state index in [1.165, 1.54) is 12.1 Å². The lowest BCUT2D eigenvalue weighted by molar-refractivity contribution is -0.192. The second kappa shape index (κ2) is 11.4. The summed E-state index contributed by atoms with van der Waals surface area (Å²) in [4.78, 5) is 38.1. The predicted octanol–water partition coefficient (Wildman–Crippen LogP) is 2.62. The molecule has 2 aliphatic rings. The van der Waals surface area contributed by atoms with E-state index in [1.807, 2.05) is 30.3 Å². The van der Waals surface area contributed by atoms with Crippen molar-refractivity contribution in [1.29, 1.82) is 0 Å². The Kier molecular flexibility index (Phi) is 8.51. The second-order valence-electron chi connectivity index (χ2n) is 8.34. The van der Waals surface area contributed by atoms with Crippen molar-refractivity contribution in [3.05, 3.63) is 66.0 Å². The summed E-state index contributed by atoms with van der Waals surface area (Å²) in [7, 11) is 0. The average molecular weight is 510 g/mol. The van der Waals surface area contributed by atoms with Crippen LogP contribution in [0.2, 0.25) is 0 Å². The second-order valence-corrected chi connectivity index (χ2v) is 8.34. The Morgan fingerprint density at radius 2 is 1.61 bits per heavy atom. The number of halogens is 4. The molecule has 2 fully saturated rings. The number of hydrogen-bond acceptors (Lipinski definition) is 5. The quantitative estimate of drug-likeness (QED) is 0.535. The number of amides is 2. The van der Waals surface area contributed by atoms with Crippen LogP contribution in [-0.2, 0) is 9.59 Å². The van der Waals surface area contributed by atoms with Gasteiger partial charge in [-0.1, -0.05) is 30.3 Å². The number of aliphatic carboxylic acids is 1. The van der Waals surface area contributed by atoms with Gasteiger partial charge in [-0.3, -0.25) is 9.59 Å². The molecule has 0 saturated carbocycles. The minimum absolute atomic E-state index is 0.0613. The number of rotatable bonds is 5. The monoisotopic (exact) mass is 510 g/mol. The van der Waals surface area contributed by atoms with E-state index < -0.39 is 29.4 Å². The van der Waals surface area contributed by atoms with Crippen LogP contribution in [0.5, 0.6) is 0 Å². The Morgan fingerprint density at radius 3 is 2.19 bits per heavy atom. The number of carbonyl (C=O) groups is 3. The fourth-order valence-corrected chi connectivity index (χ4v) is 4.25. The van der Waals surface area contributed by atoms with Gasteiger partial charge in [0.1, 0.15) is 11.4 Å². The molecule has 36 heavy (non-hydrogen) atoms. The van der Waals surface area contributed by atoms with E-state index in [1.54, 1.807) is 12.1 Å². The smallest absolute Gasteiger partial charge is 0.475 e. The molecule has 0 unspecified atom stereocenters. The van der Waals surface area contributed by atoms with Crippen LogP contribution in [0.3, 0.4) is 0 Å². The first-order valence-electron chi connectivity index (χ1n) is 11.2. The summed E-state index contributed by atoms with van der Waals surface area (Å²) in [5, 5.41) is 12.9. The van der Waals surface area contributed by atoms with Gasteiger partial charge >= 0.3 is 12.1 Å². The van der Waals surface area contributed by atoms with Gasteiger partial charge in [-0.2, -0.15) is 13.2 Å². The Morgan fingerprint density at radius 1 is 1.03 bits per heavy atom. The zero-order valence-electron chi connectivity index (χ0n) is 19.2. The van der Waals surface area contributed by atoms with Crippen LogP contribution in [0.1, 0.15) is 23.2 Å². The van der Waals surface area contributed by atoms with Crippen molar-refractivity contribution < 1.29 is 37.1 Å². The number of nitrogens with zero attached hydrogens (tertiary/aromatic N) is 2. The third-order valence-corrected chi connectivity index (χ3v) is 6.16. The fraction of sp³-hybridized carbons (Fsp3) is 0.375. The number of para-hydroxylation sites is 1. The molecule has 4 rings (SSSR count). The highest BCUT2D eigenvalue weighted by molar-refractivity contribution is 5.94. The van der Waals surface area contributed by atoms with Crippen molar-refractivity contribution in [2.75, 3.05) is 37.7 Å². The van der Waals surface area contributed by atoms with Crippen LogP contribution in [-0.4, -0.2) is 72.4 Å². The topological polar surface area (TPSA) is 102 Å². The third-order valence-electron chi connectivity index (χ3n) is 6.16. The first-order chi connectivity index (χ1) is 17.0. The molecule has 12 heteroatoms. The SMILES string of the molecule is O=C(NCCN1CCC2(CC1)C(=O)NCN2c1ccccc1)c1ccccc1F.O=C(O)C(F)(F)F. The largest absolute Gasteiger partial charge is 0.490 e. The Balaban J connectivity index is 0.000000454. The minimum Gasteiger partial charge on any atom is -0.475 e. The molecule has 0 aliphatic carbocycles. The van der Waals surface area contributed by atoms with Crippen molar-refractivity contribution in [3.63, 3.8) is 0 Å². The van der Waals surface area contributed by atoms with E-state index >= 15 is 0 Å². The van der Waals surface area contributed by atoms with E-state index in [0.29, 0.717) is 19.8 Å². The Labute approximate surface area is 204 Å². The van der Waals surface area contributed by atoms with Gasteiger partial charge in [0.15, 0.2) is 0 Å². The summed E-state index contributed by atoms with van der Waals surface area (Å²) in [6, 6.07) is 16.0. The summed E-state index contributed by atoms with van der Waals surface area (Å²) in [6.45, 7) is 3.18. The van der Waals surface area contributed by atoms with Gasteiger partial charge in [0.05, 0.1) is 12.2 Å². The molecule has 2 amide bonds. The molecule has 1 spiro atoms. The van der Waals surface area contributed by atoms with Crippen molar-refractivity contribution in [3.8, 4) is 0 Å². The number of hydrogen-bond donors (Lipinski definition) is 3. The van der Waals surface area contributed by atoms with Gasteiger partial charge < -0.3 is 25.5 Å². The molecule has 0 atom stereocenters.